The predicted molar refractivity (Wildman–Crippen MR) is 154 cm³/mol. The molecule has 0 unspecified atom stereocenters. The second-order valence-electron chi connectivity index (χ2n) is 10.5. The molecule has 2 heterocycles. The van der Waals surface area contributed by atoms with E-state index in [9.17, 15) is 9.90 Å². The molecular weight excluding hydrogens is 502 g/mol. The zero-order valence-corrected chi connectivity index (χ0v) is 23.4. The molecule has 0 bridgehead atoms. The quantitative estimate of drug-likeness (QED) is 0.287. The maximum atomic E-state index is 11.4. The van der Waals surface area contributed by atoms with Crippen LogP contribution in [0.15, 0.2) is 54.2 Å². The van der Waals surface area contributed by atoms with Crippen molar-refractivity contribution in [3.8, 4) is 21.9 Å². The van der Waals surface area contributed by atoms with Crippen LogP contribution in [-0.4, -0.2) is 23.2 Å². The average molecular weight is 538 g/mol. The van der Waals surface area contributed by atoms with Crippen molar-refractivity contribution in [2.24, 2.45) is 11.3 Å². The molecule has 1 saturated carbocycles. The van der Waals surface area contributed by atoms with Crippen molar-refractivity contribution in [2.45, 2.75) is 58.5 Å². The van der Waals surface area contributed by atoms with E-state index < -0.39 is 5.97 Å². The fourth-order valence-corrected chi connectivity index (χ4v) is 6.38. The van der Waals surface area contributed by atoms with Gasteiger partial charge in [0, 0.05) is 27.8 Å². The molecule has 196 valence electrons. The molecule has 0 radical (unpaired) electrons. The molecule has 1 aromatic carbocycles. The second kappa shape index (κ2) is 11.3. The summed E-state index contributed by atoms with van der Waals surface area (Å²) in [7, 11) is 1.66. The Labute approximate surface area is 230 Å². The molecule has 3 aromatic rings. The monoisotopic (exact) mass is 537 g/mol. The van der Waals surface area contributed by atoms with Gasteiger partial charge in [-0.2, -0.15) is 13.5 Å². The number of carbonyl (C=O) groups is 1. The number of methoxy groups -OCH3 is 1. The second-order valence-corrected chi connectivity index (χ2v) is 11.4. The number of thiophene rings is 1. The molecule has 0 spiro atoms. The number of carboxylic acids is 1. The van der Waals surface area contributed by atoms with E-state index in [1.807, 2.05) is 36.5 Å². The van der Waals surface area contributed by atoms with Gasteiger partial charge in [-0.15, -0.1) is 11.3 Å². The third kappa shape index (κ3) is 6.04. The summed E-state index contributed by atoms with van der Waals surface area (Å²) in [5.74, 6) is 1.31. The summed E-state index contributed by atoms with van der Waals surface area (Å²) in [6.07, 6.45) is 10.6. The van der Waals surface area contributed by atoms with E-state index in [4.69, 9.17) is 9.47 Å². The molecule has 1 fully saturated rings. The van der Waals surface area contributed by atoms with E-state index in [-0.39, 0.29) is 31.2 Å². The van der Waals surface area contributed by atoms with Crippen molar-refractivity contribution < 1.29 is 19.4 Å². The molecular formula is C30H35NO4S2. The van der Waals surface area contributed by atoms with E-state index >= 15 is 0 Å². The van der Waals surface area contributed by atoms with E-state index in [1.54, 1.807) is 24.6 Å². The fourth-order valence-electron chi connectivity index (χ4n) is 5.33. The zero-order chi connectivity index (χ0) is 25.3. The highest BCUT2D eigenvalue weighted by Crippen LogP contribution is 2.50. The number of nitrogens with zero attached hydrogens (tertiary/aromatic N) is 1. The van der Waals surface area contributed by atoms with Crippen LogP contribution in [0.25, 0.3) is 16.0 Å². The minimum Gasteiger partial charge on any atom is -0.495 e. The first-order valence-electron chi connectivity index (χ1n) is 12.6. The highest BCUT2D eigenvalue weighted by Gasteiger charge is 2.34. The third-order valence-corrected chi connectivity index (χ3v) is 8.54. The van der Waals surface area contributed by atoms with Gasteiger partial charge in [-0.1, -0.05) is 32.1 Å². The Kier molecular flexibility index (Phi) is 8.34. The van der Waals surface area contributed by atoms with Gasteiger partial charge in [0.1, 0.15) is 18.1 Å². The number of allylic oxidation sites excluding steroid dienone is 2. The van der Waals surface area contributed by atoms with Gasteiger partial charge >= 0.3 is 5.97 Å². The molecule has 5 nitrogen and oxygen atoms in total. The Bertz CT molecular complexity index is 1290. The van der Waals surface area contributed by atoms with Crippen LogP contribution in [0.4, 0.5) is 0 Å². The minimum atomic E-state index is -0.742. The summed E-state index contributed by atoms with van der Waals surface area (Å²) in [5, 5.41) is 11.6. The van der Waals surface area contributed by atoms with Gasteiger partial charge in [-0.25, -0.2) is 0 Å². The highest BCUT2D eigenvalue weighted by molar-refractivity contribution is 7.59. The highest BCUT2D eigenvalue weighted by atomic mass is 32.1. The van der Waals surface area contributed by atoms with Gasteiger partial charge in [0.05, 0.1) is 19.7 Å². The first-order chi connectivity index (χ1) is 17.4. The summed E-state index contributed by atoms with van der Waals surface area (Å²) in [6, 6.07) is 10.1. The first kappa shape index (κ1) is 27.3. The maximum absolute atomic E-state index is 11.4. The molecule has 1 atom stereocenters. The molecule has 2 aromatic heterocycles. The molecule has 37 heavy (non-hydrogen) atoms. The topological polar surface area (TPSA) is 68.7 Å². The summed E-state index contributed by atoms with van der Waals surface area (Å²) in [5.41, 5.74) is 5.97. The van der Waals surface area contributed by atoms with E-state index in [0.29, 0.717) is 12.5 Å². The van der Waals surface area contributed by atoms with Crippen LogP contribution in [0, 0.1) is 11.3 Å². The minimum absolute atomic E-state index is 0. The summed E-state index contributed by atoms with van der Waals surface area (Å²) in [4.78, 5) is 17.0. The summed E-state index contributed by atoms with van der Waals surface area (Å²) < 4.78 is 11.8. The van der Waals surface area contributed by atoms with Gasteiger partial charge in [-0.05, 0) is 77.6 Å². The molecule has 7 heteroatoms. The number of aliphatic carboxylic acids is 1. The van der Waals surface area contributed by atoms with Crippen LogP contribution < -0.4 is 9.47 Å². The molecule has 0 amide bonds. The zero-order valence-electron chi connectivity index (χ0n) is 21.6. The Morgan fingerprint density at radius 1 is 1.22 bits per heavy atom. The van der Waals surface area contributed by atoms with E-state index in [0.717, 1.165) is 53.9 Å². The van der Waals surface area contributed by atoms with E-state index in [2.05, 4.69) is 30.3 Å². The molecule has 0 aliphatic heterocycles. The Morgan fingerprint density at radius 2 is 2.03 bits per heavy atom. The van der Waals surface area contributed by atoms with Crippen molar-refractivity contribution in [3.63, 3.8) is 0 Å². The van der Waals surface area contributed by atoms with Crippen molar-refractivity contribution in [3.05, 3.63) is 70.9 Å². The fraction of sp³-hybridized carbons (Fsp3) is 0.400. The molecule has 2 aliphatic carbocycles. The van der Waals surface area contributed by atoms with Crippen molar-refractivity contribution in [1.29, 1.82) is 0 Å². The number of hydrogen-bond donors (Lipinski definition) is 1. The Balaban J connectivity index is 0.00000320. The van der Waals surface area contributed by atoms with Crippen LogP contribution in [-0.2, 0) is 11.4 Å². The number of ether oxygens (including phenoxy) is 2. The Hall–Kier alpha value is -2.77. The number of aromatic nitrogens is 1. The maximum Gasteiger partial charge on any atom is 0.303 e. The summed E-state index contributed by atoms with van der Waals surface area (Å²) in [6.45, 7) is 5.07. The predicted octanol–water partition coefficient (Wildman–Crippen LogP) is 7.68. The lowest BCUT2D eigenvalue weighted by Gasteiger charge is -2.24. The number of carboxylic acid groups (broad SMARTS) is 1. The van der Waals surface area contributed by atoms with Crippen molar-refractivity contribution in [2.75, 3.05) is 7.11 Å². The average Bonchev–Trinajstić information content (AvgIpc) is 3.53. The molecule has 5 rings (SSSR count). The SMILES string of the molecule is COc1cncc(-c2scc(COc3cccc([C@@H](CC(=O)O)C4CC4)c3)c2C2=CCCC2(C)C)c1.S. The normalized spacial score (nSPS) is 17.0. The van der Waals surface area contributed by atoms with Gasteiger partial charge in [0.15, 0.2) is 0 Å². The van der Waals surface area contributed by atoms with Crippen LogP contribution >= 0.6 is 24.8 Å². The van der Waals surface area contributed by atoms with Gasteiger partial charge in [0.2, 0.25) is 0 Å². The molecule has 2 aliphatic rings. The first-order valence-corrected chi connectivity index (χ1v) is 13.5. The lowest BCUT2D eigenvalue weighted by atomic mass is 9.80. The number of pyridine rings is 1. The van der Waals surface area contributed by atoms with Gasteiger partial charge in [-0.3, -0.25) is 9.78 Å². The standard InChI is InChI=1S/C30H33NO4S.H2S/c1-30(2)11-5-8-26(30)28-22(18-36-29(28)21-13-24(34-3)16-31-15-21)17-35-23-7-4-6-20(12-23)25(14-27(32)33)19-9-10-19;/h4,6-8,12-13,15-16,18-19,25H,5,9-11,14,17H2,1-3H3,(H,32,33);1H2/t25-;/m0./s1. The number of hydrogen-bond acceptors (Lipinski definition) is 5. The van der Waals surface area contributed by atoms with Crippen LogP contribution in [0.5, 0.6) is 11.5 Å². The lowest BCUT2D eigenvalue weighted by Crippen LogP contribution is -2.11. The van der Waals surface area contributed by atoms with E-state index in [1.165, 1.54) is 16.0 Å². The third-order valence-electron chi connectivity index (χ3n) is 7.46. The number of rotatable bonds is 10. The molecule has 1 N–H and O–H groups in total. The summed E-state index contributed by atoms with van der Waals surface area (Å²) >= 11 is 1.72. The van der Waals surface area contributed by atoms with Crippen molar-refractivity contribution in [1.82, 2.24) is 4.98 Å². The Morgan fingerprint density at radius 3 is 2.70 bits per heavy atom. The van der Waals surface area contributed by atoms with Gasteiger partial charge < -0.3 is 14.6 Å². The number of benzene rings is 1. The van der Waals surface area contributed by atoms with Crippen LogP contribution in [0.3, 0.4) is 0 Å². The lowest BCUT2D eigenvalue weighted by molar-refractivity contribution is -0.137. The van der Waals surface area contributed by atoms with Crippen LogP contribution in [0.1, 0.15) is 68.6 Å². The van der Waals surface area contributed by atoms with Crippen molar-refractivity contribution >= 4 is 36.4 Å². The van der Waals surface area contributed by atoms with Gasteiger partial charge in [0.25, 0.3) is 0 Å². The largest absolute Gasteiger partial charge is 0.495 e. The smallest absolute Gasteiger partial charge is 0.303 e. The van der Waals surface area contributed by atoms with Crippen LogP contribution in [0.2, 0.25) is 0 Å². The molecule has 0 saturated heterocycles.